The summed E-state index contributed by atoms with van der Waals surface area (Å²) >= 11 is 1.60. The second-order valence-electron chi connectivity index (χ2n) is 3.82. The molecule has 0 aliphatic carbocycles. The van der Waals surface area contributed by atoms with Gasteiger partial charge in [0.2, 0.25) is 0 Å². The maximum Gasteiger partial charge on any atom is 0.333 e. The minimum absolute atomic E-state index is 0.331. The Morgan fingerprint density at radius 2 is 1.83 bits per heavy atom. The lowest BCUT2D eigenvalue weighted by Gasteiger charge is -2.11. The number of thioether (sulfide) groups is 1. The minimum Gasteiger partial charge on any atom is -0.340 e. The normalized spacial score (nSPS) is 10.0. The second-order valence-corrected chi connectivity index (χ2v) is 5.44. The van der Waals surface area contributed by atoms with Gasteiger partial charge in [-0.15, -0.1) is 11.8 Å². The van der Waals surface area contributed by atoms with Crippen molar-refractivity contribution in [1.29, 1.82) is 0 Å². The average Bonchev–Trinajstić information content (AvgIpc) is 2.35. The van der Waals surface area contributed by atoms with E-state index < -0.39 is 6.03 Å². The number of hydrazine groups is 1. The Morgan fingerprint density at radius 1 is 1.17 bits per heavy atom. The van der Waals surface area contributed by atoms with Gasteiger partial charge in [-0.2, -0.15) is 0 Å². The first-order valence-electron chi connectivity index (χ1n) is 5.58. The number of hydrogen-bond acceptors (Lipinski definition) is 3. The fourth-order valence-electron chi connectivity index (χ4n) is 1.25. The van der Waals surface area contributed by atoms with Gasteiger partial charge in [0.05, 0.1) is 5.56 Å². The number of amides is 3. The zero-order chi connectivity index (χ0) is 13.5. The largest absolute Gasteiger partial charge is 0.340 e. The third-order valence-corrected chi connectivity index (χ3v) is 3.09. The SMILES string of the molecule is CNC(=O)NNC(=O)c1ccccc1SC(C)C. The van der Waals surface area contributed by atoms with Crippen LogP contribution >= 0.6 is 11.8 Å². The van der Waals surface area contributed by atoms with Crippen LogP contribution < -0.4 is 16.2 Å². The summed E-state index contributed by atoms with van der Waals surface area (Å²) < 4.78 is 0. The maximum absolute atomic E-state index is 11.9. The molecule has 6 heteroatoms. The van der Waals surface area contributed by atoms with Crippen molar-refractivity contribution in [3.63, 3.8) is 0 Å². The summed E-state index contributed by atoms with van der Waals surface area (Å²) in [6.45, 7) is 4.12. The Hall–Kier alpha value is -1.69. The monoisotopic (exact) mass is 267 g/mol. The number of benzene rings is 1. The summed E-state index contributed by atoms with van der Waals surface area (Å²) in [7, 11) is 1.48. The Kier molecular flexibility index (Phi) is 5.51. The van der Waals surface area contributed by atoms with E-state index in [0.717, 1.165) is 4.90 Å². The zero-order valence-electron chi connectivity index (χ0n) is 10.6. The van der Waals surface area contributed by atoms with Crippen LogP contribution in [0.5, 0.6) is 0 Å². The molecule has 3 amide bonds. The molecule has 0 saturated heterocycles. The number of carbonyl (C=O) groups excluding carboxylic acids is 2. The lowest BCUT2D eigenvalue weighted by molar-refractivity contribution is 0.0933. The van der Waals surface area contributed by atoms with Gasteiger partial charge in [-0.05, 0) is 12.1 Å². The van der Waals surface area contributed by atoms with Gasteiger partial charge in [0.1, 0.15) is 0 Å². The number of nitrogens with one attached hydrogen (secondary N) is 3. The van der Waals surface area contributed by atoms with Gasteiger partial charge in [0.15, 0.2) is 0 Å². The topological polar surface area (TPSA) is 70.2 Å². The van der Waals surface area contributed by atoms with Gasteiger partial charge >= 0.3 is 6.03 Å². The molecule has 98 valence electrons. The lowest BCUT2D eigenvalue weighted by atomic mass is 10.2. The molecule has 1 aromatic rings. The standard InChI is InChI=1S/C12H17N3O2S/c1-8(2)18-10-7-5-4-6-9(10)11(16)14-15-12(17)13-3/h4-8H,1-3H3,(H,14,16)(H2,13,15,17). The van der Waals surface area contributed by atoms with E-state index in [1.54, 1.807) is 23.9 Å². The molecule has 1 rings (SSSR count). The van der Waals surface area contributed by atoms with Crippen LogP contribution in [0.25, 0.3) is 0 Å². The molecule has 3 N–H and O–H groups in total. The van der Waals surface area contributed by atoms with E-state index in [2.05, 4.69) is 30.0 Å². The van der Waals surface area contributed by atoms with Crippen molar-refractivity contribution in [2.24, 2.45) is 0 Å². The number of hydrogen-bond donors (Lipinski definition) is 3. The van der Waals surface area contributed by atoms with Crippen molar-refractivity contribution in [2.75, 3.05) is 7.05 Å². The molecular formula is C12H17N3O2S. The maximum atomic E-state index is 11.9. The first kappa shape index (κ1) is 14.4. The quantitative estimate of drug-likeness (QED) is 0.577. The van der Waals surface area contributed by atoms with Crippen LogP contribution in [0.3, 0.4) is 0 Å². The summed E-state index contributed by atoms with van der Waals surface area (Å²) in [6.07, 6.45) is 0. The smallest absolute Gasteiger partial charge is 0.333 e. The van der Waals surface area contributed by atoms with E-state index in [1.165, 1.54) is 7.05 Å². The van der Waals surface area contributed by atoms with Gasteiger partial charge in [0.25, 0.3) is 5.91 Å². The van der Waals surface area contributed by atoms with E-state index in [-0.39, 0.29) is 5.91 Å². The van der Waals surface area contributed by atoms with Crippen LogP contribution in [0.1, 0.15) is 24.2 Å². The van der Waals surface area contributed by atoms with E-state index >= 15 is 0 Å². The molecule has 0 unspecified atom stereocenters. The molecule has 0 fully saturated rings. The fraction of sp³-hybridized carbons (Fsp3) is 0.333. The molecule has 0 spiro atoms. The molecular weight excluding hydrogens is 250 g/mol. The van der Waals surface area contributed by atoms with Gasteiger partial charge in [-0.1, -0.05) is 26.0 Å². The van der Waals surface area contributed by atoms with Crippen LogP contribution in [-0.2, 0) is 0 Å². The van der Waals surface area contributed by atoms with E-state index in [9.17, 15) is 9.59 Å². The zero-order valence-corrected chi connectivity index (χ0v) is 11.4. The van der Waals surface area contributed by atoms with Crippen molar-refractivity contribution in [1.82, 2.24) is 16.2 Å². The van der Waals surface area contributed by atoms with Gasteiger partial charge in [-0.3, -0.25) is 10.2 Å². The predicted molar refractivity (Wildman–Crippen MR) is 72.5 cm³/mol. The summed E-state index contributed by atoms with van der Waals surface area (Å²) in [6, 6.07) is 6.83. The number of carbonyl (C=O) groups is 2. The van der Waals surface area contributed by atoms with Crippen LogP contribution in [0, 0.1) is 0 Å². The molecule has 0 bridgehead atoms. The first-order chi connectivity index (χ1) is 8.54. The molecule has 0 atom stereocenters. The number of rotatable bonds is 3. The van der Waals surface area contributed by atoms with Gasteiger partial charge < -0.3 is 5.32 Å². The van der Waals surface area contributed by atoms with Crippen molar-refractivity contribution in [3.05, 3.63) is 29.8 Å². The molecule has 0 aliphatic heterocycles. The fourth-order valence-corrected chi connectivity index (χ4v) is 2.21. The second kappa shape index (κ2) is 6.90. The summed E-state index contributed by atoms with van der Waals surface area (Å²) in [5, 5.41) is 2.73. The Bertz CT molecular complexity index is 435. The van der Waals surface area contributed by atoms with E-state index in [1.807, 2.05) is 12.1 Å². The number of urea groups is 1. The summed E-state index contributed by atoms with van der Waals surface area (Å²) in [5.41, 5.74) is 5.15. The molecule has 18 heavy (non-hydrogen) atoms. The highest BCUT2D eigenvalue weighted by atomic mass is 32.2. The van der Waals surface area contributed by atoms with Gasteiger partial charge in [0, 0.05) is 17.2 Å². The molecule has 0 heterocycles. The Labute approximate surface area is 111 Å². The average molecular weight is 267 g/mol. The third kappa shape index (κ3) is 4.29. The van der Waals surface area contributed by atoms with E-state index in [0.29, 0.717) is 10.8 Å². The third-order valence-electron chi connectivity index (χ3n) is 2.01. The lowest BCUT2D eigenvalue weighted by Crippen LogP contribution is -2.45. The Balaban J connectivity index is 2.75. The molecule has 0 aromatic heterocycles. The molecule has 5 nitrogen and oxygen atoms in total. The van der Waals surface area contributed by atoms with E-state index in [4.69, 9.17) is 0 Å². The molecule has 0 saturated carbocycles. The molecule has 0 radical (unpaired) electrons. The highest BCUT2D eigenvalue weighted by Crippen LogP contribution is 2.26. The van der Waals surface area contributed by atoms with Crippen LogP contribution in [0.4, 0.5) is 4.79 Å². The summed E-state index contributed by atoms with van der Waals surface area (Å²) in [5.74, 6) is -0.331. The van der Waals surface area contributed by atoms with Crippen molar-refractivity contribution < 1.29 is 9.59 Å². The van der Waals surface area contributed by atoms with Crippen molar-refractivity contribution >= 4 is 23.7 Å². The van der Waals surface area contributed by atoms with Crippen LogP contribution in [0.2, 0.25) is 0 Å². The highest BCUT2D eigenvalue weighted by molar-refractivity contribution is 8.00. The van der Waals surface area contributed by atoms with Crippen LogP contribution in [-0.4, -0.2) is 24.2 Å². The minimum atomic E-state index is -0.461. The highest BCUT2D eigenvalue weighted by Gasteiger charge is 2.12. The van der Waals surface area contributed by atoms with Crippen molar-refractivity contribution in [3.8, 4) is 0 Å². The Morgan fingerprint density at radius 3 is 2.44 bits per heavy atom. The van der Waals surface area contributed by atoms with Crippen LogP contribution in [0.15, 0.2) is 29.2 Å². The predicted octanol–water partition coefficient (Wildman–Crippen LogP) is 1.76. The summed E-state index contributed by atoms with van der Waals surface area (Å²) in [4.78, 5) is 23.8. The molecule has 0 aliphatic rings. The van der Waals surface area contributed by atoms with Gasteiger partial charge in [-0.25, -0.2) is 10.2 Å². The first-order valence-corrected chi connectivity index (χ1v) is 6.46. The molecule has 1 aromatic carbocycles. The van der Waals surface area contributed by atoms with Crippen molar-refractivity contribution in [2.45, 2.75) is 24.0 Å².